The molecule has 0 radical (unpaired) electrons. The van der Waals surface area contributed by atoms with Crippen molar-refractivity contribution in [2.24, 2.45) is 0 Å². The molecule has 1 spiro atoms. The Labute approximate surface area is 151 Å². The molecule has 1 saturated carbocycles. The number of benzene rings is 1. The summed E-state index contributed by atoms with van der Waals surface area (Å²) < 4.78 is 10.7. The van der Waals surface area contributed by atoms with Gasteiger partial charge in [0.15, 0.2) is 11.5 Å². The Morgan fingerprint density at radius 3 is 2.56 bits per heavy atom. The zero-order valence-corrected chi connectivity index (χ0v) is 14.7. The van der Waals surface area contributed by atoms with Crippen LogP contribution >= 0.6 is 11.6 Å². The molecular weight excluding hydrogens is 344 g/mol. The summed E-state index contributed by atoms with van der Waals surface area (Å²) in [6.07, 6.45) is 6.81. The molecule has 4 rings (SSSR count). The van der Waals surface area contributed by atoms with Crippen LogP contribution in [0.5, 0.6) is 11.5 Å². The summed E-state index contributed by atoms with van der Waals surface area (Å²) in [4.78, 5) is 26.8. The highest BCUT2D eigenvalue weighted by Gasteiger charge is 2.50. The molecule has 0 unspecified atom stereocenters. The fourth-order valence-corrected chi connectivity index (χ4v) is 4.25. The van der Waals surface area contributed by atoms with E-state index in [0.717, 1.165) is 44.1 Å². The van der Waals surface area contributed by atoms with Gasteiger partial charge >= 0.3 is 6.03 Å². The van der Waals surface area contributed by atoms with Gasteiger partial charge in [-0.25, -0.2) is 4.79 Å². The number of urea groups is 1. The first-order valence-corrected chi connectivity index (χ1v) is 9.19. The molecule has 0 aromatic heterocycles. The van der Waals surface area contributed by atoms with Crippen molar-refractivity contribution >= 4 is 23.5 Å². The monoisotopic (exact) mass is 364 g/mol. The number of nitrogens with one attached hydrogen (secondary N) is 1. The summed E-state index contributed by atoms with van der Waals surface area (Å²) in [5.41, 5.74) is 0.0260. The van der Waals surface area contributed by atoms with Crippen LogP contribution in [0.3, 0.4) is 0 Å². The van der Waals surface area contributed by atoms with E-state index in [0.29, 0.717) is 16.5 Å². The third kappa shape index (κ3) is 2.92. The number of hydrogen-bond acceptors (Lipinski definition) is 4. The van der Waals surface area contributed by atoms with E-state index in [-0.39, 0.29) is 25.3 Å². The third-order valence-corrected chi connectivity index (χ3v) is 5.56. The van der Waals surface area contributed by atoms with Crippen molar-refractivity contribution in [3.8, 4) is 11.5 Å². The summed E-state index contributed by atoms with van der Waals surface area (Å²) in [6, 6.07) is 3.18. The molecule has 1 aromatic carbocycles. The second-order valence-corrected chi connectivity index (χ2v) is 7.39. The van der Waals surface area contributed by atoms with E-state index in [2.05, 4.69) is 5.32 Å². The topological polar surface area (TPSA) is 67.9 Å². The lowest BCUT2D eigenvalue weighted by atomic mass is 9.84. The van der Waals surface area contributed by atoms with Crippen LogP contribution in [0.25, 0.3) is 0 Å². The predicted octanol–water partition coefficient (Wildman–Crippen LogP) is 3.60. The SMILES string of the molecule is O=C1NC2(CCCCCCC2)C(=O)N1Cc1cc(Cl)c2c(c1)OCO2. The Morgan fingerprint density at radius 1 is 1.08 bits per heavy atom. The van der Waals surface area contributed by atoms with Crippen LogP contribution in [0.2, 0.25) is 5.02 Å². The number of halogens is 1. The van der Waals surface area contributed by atoms with Gasteiger partial charge in [-0.05, 0) is 30.5 Å². The summed E-state index contributed by atoms with van der Waals surface area (Å²) in [7, 11) is 0. The smallest absolute Gasteiger partial charge is 0.325 e. The van der Waals surface area contributed by atoms with E-state index in [1.807, 2.05) is 0 Å². The standard InChI is InChI=1S/C18H21ClN2O4/c19-13-8-12(9-14-15(13)25-11-24-14)10-21-16(22)18(20-17(21)23)6-4-2-1-3-5-7-18/h8-9H,1-7,10-11H2,(H,20,23). The van der Waals surface area contributed by atoms with E-state index in [1.54, 1.807) is 12.1 Å². The Morgan fingerprint density at radius 2 is 1.80 bits per heavy atom. The van der Waals surface area contributed by atoms with Crippen molar-refractivity contribution in [1.82, 2.24) is 10.2 Å². The molecule has 2 aliphatic heterocycles. The molecule has 0 atom stereocenters. The summed E-state index contributed by atoms with van der Waals surface area (Å²) in [5.74, 6) is 0.947. The fraction of sp³-hybridized carbons (Fsp3) is 0.556. The number of hydrogen-bond donors (Lipinski definition) is 1. The van der Waals surface area contributed by atoms with Crippen LogP contribution in [-0.2, 0) is 11.3 Å². The van der Waals surface area contributed by atoms with Crippen LogP contribution in [0, 0.1) is 0 Å². The van der Waals surface area contributed by atoms with E-state index in [1.165, 1.54) is 11.3 Å². The number of carbonyl (C=O) groups excluding carboxylic acids is 2. The second-order valence-electron chi connectivity index (χ2n) is 6.98. The first-order chi connectivity index (χ1) is 12.1. The van der Waals surface area contributed by atoms with Gasteiger partial charge in [0.25, 0.3) is 5.91 Å². The molecule has 6 nitrogen and oxygen atoms in total. The number of fused-ring (bicyclic) bond motifs is 1. The molecule has 7 heteroatoms. The maximum absolute atomic E-state index is 13.0. The van der Waals surface area contributed by atoms with Crippen molar-refractivity contribution in [2.75, 3.05) is 6.79 Å². The molecule has 2 fully saturated rings. The largest absolute Gasteiger partial charge is 0.454 e. The molecule has 1 aliphatic carbocycles. The van der Waals surface area contributed by atoms with Crippen molar-refractivity contribution in [1.29, 1.82) is 0 Å². The zero-order valence-electron chi connectivity index (χ0n) is 14.0. The molecule has 134 valence electrons. The molecular formula is C18H21ClN2O4. The van der Waals surface area contributed by atoms with Gasteiger partial charge in [0.2, 0.25) is 6.79 Å². The van der Waals surface area contributed by atoms with Crippen LogP contribution < -0.4 is 14.8 Å². The molecule has 3 amide bonds. The number of nitrogens with zero attached hydrogens (tertiary/aromatic N) is 1. The van der Waals surface area contributed by atoms with Gasteiger partial charge in [0.05, 0.1) is 11.6 Å². The van der Waals surface area contributed by atoms with Crippen molar-refractivity contribution in [3.05, 3.63) is 22.7 Å². The average molecular weight is 365 g/mol. The van der Waals surface area contributed by atoms with Crippen LogP contribution in [0.1, 0.15) is 50.5 Å². The quantitative estimate of drug-likeness (QED) is 0.814. The molecule has 2 heterocycles. The van der Waals surface area contributed by atoms with Crippen molar-refractivity contribution in [3.63, 3.8) is 0 Å². The van der Waals surface area contributed by atoms with Crippen molar-refractivity contribution in [2.45, 2.75) is 57.0 Å². The van der Waals surface area contributed by atoms with Gasteiger partial charge < -0.3 is 14.8 Å². The maximum atomic E-state index is 13.0. The van der Waals surface area contributed by atoms with Crippen molar-refractivity contribution < 1.29 is 19.1 Å². The van der Waals surface area contributed by atoms with Gasteiger partial charge in [-0.2, -0.15) is 0 Å². The minimum atomic E-state index is -0.725. The normalized spacial score (nSPS) is 22.0. The van der Waals surface area contributed by atoms with Gasteiger partial charge in [-0.15, -0.1) is 0 Å². The fourth-order valence-electron chi connectivity index (χ4n) is 3.96. The highest BCUT2D eigenvalue weighted by atomic mass is 35.5. The van der Waals surface area contributed by atoms with Gasteiger partial charge in [-0.1, -0.05) is 43.7 Å². The minimum Gasteiger partial charge on any atom is -0.454 e. The lowest BCUT2D eigenvalue weighted by molar-refractivity contribution is -0.132. The number of imide groups is 1. The van der Waals surface area contributed by atoms with Gasteiger partial charge in [0, 0.05) is 0 Å². The first kappa shape index (κ1) is 16.5. The summed E-state index contributed by atoms with van der Waals surface area (Å²) in [6.45, 7) is 0.313. The van der Waals surface area contributed by atoms with Crippen LogP contribution in [-0.4, -0.2) is 29.2 Å². The molecule has 1 saturated heterocycles. The van der Waals surface area contributed by atoms with E-state index >= 15 is 0 Å². The molecule has 1 aromatic rings. The van der Waals surface area contributed by atoms with Gasteiger partial charge in [-0.3, -0.25) is 9.69 Å². The molecule has 0 bridgehead atoms. The Bertz CT molecular complexity index is 713. The number of amides is 3. The predicted molar refractivity (Wildman–Crippen MR) is 91.7 cm³/mol. The summed E-state index contributed by atoms with van der Waals surface area (Å²) >= 11 is 6.21. The number of rotatable bonds is 2. The van der Waals surface area contributed by atoms with Crippen LogP contribution in [0.15, 0.2) is 12.1 Å². The highest BCUT2D eigenvalue weighted by molar-refractivity contribution is 6.32. The number of ether oxygens (including phenoxy) is 2. The van der Waals surface area contributed by atoms with E-state index in [4.69, 9.17) is 21.1 Å². The lowest BCUT2D eigenvalue weighted by Gasteiger charge is -2.28. The van der Waals surface area contributed by atoms with Gasteiger partial charge in [0.1, 0.15) is 5.54 Å². The summed E-state index contributed by atoms with van der Waals surface area (Å²) in [5, 5.41) is 3.40. The first-order valence-electron chi connectivity index (χ1n) is 8.81. The lowest BCUT2D eigenvalue weighted by Crippen LogP contribution is -2.47. The Hall–Kier alpha value is -1.95. The molecule has 1 N–H and O–H groups in total. The second kappa shape index (κ2) is 6.41. The average Bonchev–Trinajstić information content (AvgIpc) is 3.11. The third-order valence-electron chi connectivity index (χ3n) is 5.28. The van der Waals surface area contributed by atoms with Crippen LogP contribution in [0.4, 0.5) is 4.79 Å². The molecule has 3 aliphatic rings. The zero-order chi connectivity index (χ0) is 17.4. The minimum absolute atomic E-state index is 0.117. The maximum Gasteiger partial charge on any atom is 0.325 e. The van der Waals surface area contributed by atoms with E-state index in [9.17, 15) is 9.59 Å². The highest BCUT2D eigenvalue weighted by Crippen LogP contribution is 2.40. The Balaban J connectivity index is 1.56. The van der Waals surface area contributed by atoms with E-state index < -0.39 is 5.54 Å². The number of carbonyl (C=O) groups is 2. The Kier molecular flexibility index (Phi) is 4.23. The molecule has 25 heavy (non-hydrogen) atoms.